The summed E-state index contributed by atoms with van der Waals surface area (Å²) in [5.74, 6) is 1.77. The van der Waals surface area contributed by atoms with Crippen molar-refractivity contribution < 1.29 is 14.6 Å². The Kier molecular flexibility index (Phi) is 9.13. The van der Waals surface area contributed by atoms with Crippen molar-refractivity contribution in [1.29, 1.82) is 0 Å². The molecule has 6 atom stereocenters. The predicted molar refractivity (Wildman–Crippen MR) is 179 cm³/mol. The lowest BCUT2D eigenvalue weighted by Crippen LogP contribution is -2.54. The molecule has 1 N–H and O–H groups in total. The molecule has 3 saturated heterocycles. The minimum absolute atomic E-state index is 0.0387. The first-order valence-corrected chi connectivity index (χ1v) is 16.1. The van der Waals surface area contributed by atoms with Crippen molar-refractivity contribution in [3.63, 3.8) is 0 Å². The van der Waals surface area contributed by atoms with Crippen LogP contribution in [-0.4, -0.2) is 46.2 Å². The first-order chi connectivity index (χ1) is 21.4. The van der Waals surface area contributed by atoms with E-state index in [0.29, 0.717) is 18.4 Å². The molecule has 230 valence electrons. The Morgan fingerprint density at radius 3 is 2.59 bits per heavy atom. The van der Waals surface area contributed by atoms with E-state index in [4.69, 9.17) is 19.4 Å². The van der Waals surface area contributed by atoms with Crippen molar-refractivity contribution in [2.75, 3.05) is 20.2 Å². The fourth-order valence-corrected chi connectivity index (χ4v) is 7.41. The number of para-hydroxylation sites is 1. The van der Waals surface area contributed by atoms with Crippen molar-refractivity contribution >= 4 is 27.9 Å². The van der Waals surface area contributed by atoms with Gasteiger partial charge >= 0.3 is 0 Å². The van der Waals surface area contributed by atoms with Crippen LogP contribution in [0.4, 0.5) is 0 Å². The van der Waals surface area contributed by atoms with Gasteiger partial charge in [-0.25, -0.2) is 0 Å². The number of rotatable bonds is 12. The third-order valence-electron chi connectivity index (χ3n) is 9.83. The Bertz CT molecular complexity index is 1670. The summed E-state index contributed by atoms with van der Waals surface area (Å²) in [6.45, 7) is 14.7. The Morgan fingerprint density at radius 2 is 1.86 bits per heavy atom. The van der Waals surface area contributed by atoms with Gasteiger partial charge in [-0.3, -0.25) is 14.9 Å². The largest absolute Gasteiger partial charge is 0.496 e. The maximum absolute atomic E-state index is 12.1. The third kappa shape index (κ3) is 5.79. The van der Waals surface area contributed by atoms with Crippen molar-refractivity contribution in [2.24, 2.45) is 11.8 Å². The molecule has 5 heterocycles. The molecule has 3 aliphatic heterocycles. The highest BCUT2D eigenvalue weighted by molar-refractivity contribution is 5.93. The maximum atomic E-state index is 12.1. The molecule has 0 radical (unpaired) electrons. The summed E-state index contributed by atoms with van der Waals surface area (Å²) in [5, 5.41) is 14.1. The number of methoxy groups -OCH3 is 1. The molecule has 2 bridgehead atoms. The van der Waals surface area contributed by atoms with E-state index >= 15 is 0 Å². The normalized spacial score (nSPS) is 22.6. The number of nitrogens with zero attached hydrogens (tertiary/aromatic N) is 3. The van der Waals surface area contributed by atoms with Crippen LogP contribution in [0.2, 0.25) is 0 Å². The minimum atomic E-state index is -0.679. The highest BCUT2D eigenvalue weighted by atomic mass is 16.5. The lowest BCUT2D eigenvalue weighted by atomic mass is 9.73. The summed E-state index contributed by atoms with van der Waals surface area (Å²) < 4.78 is 12.2. The van der Waals surface area contributed by atoms with Crippen LogP contribution in [0.15, 0.2) is 67.8 Å². The molecule has 0 aliphatic carbocycles. The molecule has 0 amide bonds. The van der Waals surface area contributed by atoms with Gasteiger partial charge in [-0.15, -0.1) is 6.58 Å². The van der Waals surface area contributed by atoms with Crippen LogP contribution in [0.1, 0.15) is 79.8 Å². The molecule has 3 fully saturated rings. The van der Waals surface area contributed by atoms with E-state index in [-0.39, 0.29) is 12.1 Å². The quantitative estimate of drug-likeness (QED) is 0.169. The first-order valence-electron chi connectivity index (χ1n) is 16.1. The molecule has 2 aromatic heterocycles. The van der Waals surface area contributed by atoms with Gasteiger partial charge in [-0.2, -0.15) is 0 Å². The molecule has 2 unspecified atom stereocenters. The topological polar surface area (TPSA) is 67.7 Å². The monoisotopic (exact) mass is 591 g/mol. The van der Waals surface area contributed by atoms with Crippen molar-refractivity contribution in [3.8, 4) is 5.75 Å². The fourth-order valence-electron chi connectivity index (χ4n) is 7.41. The number of aliphatic hydroxyl groups is 1. The van der Waals surface area contributed by atoms with E-state index in [1.165, 1.54) is 0 Å². The minimum Gasteiger partial charge on any atom is -0.496 e. The SMILES string of the molecule is C=Cc1c(OC)ccc2nc(CO[C@@H](C)c3cc(CCCC)nc4ccccc34)cc([C@@H](O)[C@@H]3CC4CCN3C[C@@H]4C=C)c12. The molecule has 0 saturated carbocycles. The van der Waals surface area contributed by atoms with Gasteiger partial charge in [0.1, 0.15) is 5.75 Å². The Balaban J connectivity index is 1.34. The van der Waals surface area contributed by atoms with Crippen LogP contribution >= 0.6 is 0 Å². The van der Waals surface area contributed by atoms with E-state index in [9.17, 15) is 5.11 Å². The number of hydrogen-bond acceptors (Lipinski definition) is 6. The molecular weight excluding hydrogens is 546 g/mol. The summed E-state index contributed by atoms with van der Waals surface area (Å²) in [7, 11) is 1.67. The van der Waals surface area contributed by atoms with E-state index in [0.717, 1.165) is 101 Å². The van der Waals surface area contributed by atoms with E-state index in [2.05, 4.69) is 62.2 Å². The molecular formula is C38H45N3O3. The number of unbranched alkanes of at least 4 members (excludes halogenated alkanes) is 1. The van der Waals surface area contributed by atoms with Crippen LogP contribution < -0.4 is 4.74 Å². The average Bonchev–Trinajstić information content (AvgIpc) is 3.07. The number of aryl methyl sites for hydroxylation is 1. The zero-order valence-corrected chi connectivity index (χ0v) is 26.3. The summed E-state index contributed by atoms with van der Waals surface area (Å²) in [6.07, 6.45) is 8.36. The molecule has 0 spiro atoms. The van der Waals surface area contributed by atoms with Crippen LogP contribution in [0.5, 0.6) is 5.75 Å². The van der Waals surface area contributed by atoms with Crippen LogP contribution in [0, 0.1) is 11.8 Å². The van der Waals surface area contributed by atoms with E-state index < -0.39 is 6.10 Å². The van der Waals surface area contributed by atoms with Gasteiger partial charge < -0.3 is 14.6 Å². The molecule has 6 heteroatoms. The summed E-state index contributed by atoms with van der Waals surface area (Å²) in [6, 6.07) is 16.5. The number of ether oxygens (including phenoxy) is 2. The van der Waals surface area contributed by atoms with Gasteiger partial charge in [0.15, 0.2) is 0 Å². The molecule has 3 aliphatic rings. The van der Waals surface area contributed by atoms with Gasteiger partial charge in [-0.1, -0.05) is 50.3 Å². The van der Waals surface area contributed by atoms with Crippen molar-refractivity contribution in [3.05, 3.63) is 95.8 Å². The number of pyridine rings is 2. The summed E-state index contributed by atoms with van der Waals surface area (Å²) in [4.78, 5) is 12.4. The van der Waals surface area contributed by atoms with E-state index in [1.807, 2.05) is 30.3 Å². The number of aromatic nitrogens is 2. The highest BCUT2D eigenvalue weighted by Crippen LogP contribution is 2.43. The Hall–Kier alpha value is -3.58. The van der Waals surface area contributed by atoms with Crippen molar-refractivity contribution in [1.82, 2.24) is 14.9 Å². The third-order valence-corrected chi connectivity index (χ3v) is 9.83. The first kappa shape index (κ1) is 30.4. The van der Waals surface area contributed by atoms with Crippen LogP contribution in [0.3, 0.4) is 0 Å². The fraction of sp³-hybridized carbons (Fsp3) is 0.421. The molecule has 2 aromatic carbocycles. The number of hydrogen-bond donors (Lipinski definition) is 1. The number of piperidine rings is 3. The number of fused-ring (bicyclic) bond motifs is 5. The van der Waals surface area contributed by atoms with Gasteiger partial charge in [0, 0.05) is 34.6 Å². The zero-order chi connectivity index (χ0) is 30.8. The second-order valence-corrected chi connectivity index (χ2v) is 12.5. The zero-order valence-electron chi connectivity index (χ0n) is 26.3. The number of benzene rings is 2. The van der Waals surface area contributed by atoms with Crippen molar-refractivity contribution in [2.45, 2.75) is 70.8 Å². The number of aliphatic hydroxyl groups excluding tert-OH is 1. The van der Waals surface area contributed by atoms with Crippen LogP contribution in [0.25, 0.3) is 27.9 Å². The lowest BCUT2D eigenvalue weighted by Gasteiger charge is -2.50. The van der Waals surface area contributed by atoms with Gasteiger partial charge in [0.25, 0.3) is 0 Å². The molecule has 44 heavy (non-hydrogen) atoms. The second-order valence-electron chi connectivity index (χ2n) is 12.5. The standard InChI is InChI=1S/C38H45N3O3/c1-6-9-12-27-20-31(30-13-10-11-14-33(30)39-27)24(4)44-23-28-21-32(37-29(8-3)36(43-5)16-15-34(37)40-28)38(42)35-19-26-17-18-41(35)22-25(26)7-2/h7-8,10-11,13-16,20-21,24-26,35,38,42H,2-3,6,9,12,17-19,22-23H2,1,4-5H3/t24-,25-,26?,35-,38+/m0/s1. The van der Waals surface area contributed by atoms with Gasteiger partial charge in [-0.05, 0) is 92.4 Å². The van der Waals surface area contributed by atoms with Gasteiger partial charge in [0.2, 0.25) is 0 Å². The lowest BCUT2D eigenvalue weighted by molar-refractivity contribution is -0.0445. The average molecular weight is 592 g/mol. The summed E-state index contributed by atoms with van der Waals surface area (Å²) in [5.41, 5.74) is 6.56. The van der Waals surface area contributed by atoms with Crippen LogP contribution in [-0.2, 0) is 17.8 Å². The summed E-state index contributed by atoms with van der Waals surface area (Å²) >= 11 is 0. The highest BCUT2D eigenvalue weighted by Gasteiger charge is 2.42. The maximum Gasteiger partial charge on any atom is 0.126 e. The van der Waals surface area contributed by atoms with E-state index in [1.54, 1.807) is 7.11 Å². The second kappa shape index (κ2) is 13.2. The Labute approximate surface area is 261 Å². The van der Waals surface area contributed by atoms with Gasteiger partial charge in [0.05, 0.1) is 42.7 Å². The predicted octanol–water partition coefficient (Wildman–Crippen LogP) is 7.98. The molecule has 7 rings (SSSR count). The molecule has 4 aromatic rings. The Morgan fingerprint density at radius 1 is 1.07 bits per heavy atom. The smallest absolute Gasteiger partial charge is 0.126 e. The molecule has 6 nitrogen and oxygen atoms in total.